The zero-order chi connectivity index (χ0) is 14.7. The molecule has 0 spiro atoms. The second kappa shape index (κ2) is 6.46. The number of furan rings is 1. The Kier molecular flexibility index (Phi) is 4.42. The normalized spacial score (nSPS) is 19.5. The van der Waals surface area contributed by atoms with Crippen LogP contribution in [0.4, 0.5) is 0 Å². The Morgan fingerprint density at radius 2 is 2.05 bits per heavy atom. The first-order valence-electron chi connectivity index (χ1n) is 7.76. The van der Waals surface area contributed by atoms with Crippen LogP contribution in [0.1, 0.15) is 41.8 Å². The molecule has 1 aliphatic carbocycles. The van der Waals surface area contributed by atoms with Gasteiger partial charge in [-0.25, -0.2) is 0 Å². The van der Waals surface area contributed by atoms with Crippen molar-refractivity contribution in [3.8, 4) is 0 Å². The van der Waals surface area contributed by atoms with Crippen molar-refractivity contribution < 1.29 is 4.42 Å². The van der Waals surface area contributed by atoms with Gasteiger partial charge in [0.05, 0.1) is 6.26 Å². The van der Waals surface area contributed by atoms with Gasteiger partial charge in [-0.15, -0.1) is 0 Å². The highest BCUT2D eigenvalue weighted by Crippen LogP contribution is 2.31. The molecule has 0 bridgehead atoms. The lowest BCUT2D eigenvalue weighted by Gasteiger charge is -2.29. The summed E-state index contributed by atoms with van der Waals surface area (Å²) >= 11 is 0. The average Bonchev–Trinajstić information content (AvgIpc) is 2.97. The molecule has 112 valence electrons. The van der Waals surface area contributed by atoms with Gasteiger partial charge in [0.1, 0.15) is 5.76 Å². The lowest BCUT2D eigenvalue weighted by Crippen LogP contribution is -2.34. The van der Waals surface area contributed by atoms with Gasteiger partial charge in [-0.3, -0.25) is 0 Å². The molecule has 0 saturated carbocycles. The van der Waals surface area contributed by atoms with Crippen LogP contribution >= 0.6 is 0 Å². The average molecular weight is 284 g/mol. The van der Waals surface area contributed by atoms with E-state index in [1.807, 2.05) is 6.26 Å². The Morgan fingerprint density at radius 3 is 2.81 bits per heavy atom. The molecule has 0 aliphatic heterocycles. The zero-order valence-electron chi connectivity index (χ0n) is 12.9. The largest absolute Gasteiger partial charge is 0.469 e. The minimum absolute atomic E-state index is 0.392. The number of likely N-dealkylation sites (N-methyl/N-ethyl adjacent to an activating group) is 1. The summed E-state index contributed by atoms with van der Waals surface area (Å²) in [6.07, 6.45) is 5.30. The highest BCUT2D eigenvalue weighted by atomic mass is 16.3. The summed E-state index contributed by atoms with van der Waals surface area (Å²) in [5, 5.41) is 3.74. The molecule has 0 saturated heterocycles. The zero-order valence-corrected chi connectivity index (χ0v) is 12.9. The third kappa shape index (κ3) is 3.20. The van der Waals surface area contributed by atoms with E-state index in [9.17, 15) is 0 Å². The van der Waals surface area contributed by atoms with E-state index >= 15 is 0 Å². The van der Waals surface area contributed by atoms with E-state index in [0.717, 1.165) is 13.0 Å². The molecule has 1 heterocycles. The van der Waals surface area contributed by atoms with Crippen LogP contribution in [0.15, 0.2) is 47.1 Å². The van der Waals surface area contributed by atoms with Gasteiger partial charge in [0.25, 0.3) is 0 Å². The second-order valence-electron chi connectivity index (χ2n) is 6.04. The summed E-state index contributed by atoms with van der Waals surface area (Å²) in [5.41, 5.74) is 2.71. The second-order valence-corrected chi connectivity index (χ2v) is 6.04. The molecule has 0 amide bonds. The molecule has 1 N–H and O–H groups in total. The number of nitrogens with zero attached hydrogens (tertiary/aromatic N) is 1. The number of aryl methyl sites for hydroxylation is 1. The van der Waals surface area contributed by atoms with Crippen LogP contribution in [-0.4, -0.2) is 25.5 Å². The van der Waals surface area contributed by atoms with Crippen LogP contribution in [-0.2, 0) is 6.42 Å². The van der Waals surface area contributed by atoms with Gasteiger partial charge in [-0.05, 0) is 38.6 Å². The molecule has 0 fully saturated rings. The minimum atomic E-state index is 0.392. The molecule has 2 unspecified atom stereocenters. The fraction of sp³-hybridized carbons (Fsp3) is 0.444. The molecule has 1 aliphatic rings. The van der Waals surface area contributed by atoms with E-state index in [-0.39, 0.29) is 0 Å². The lowest BCUT2D eigenvalue weighted by molar-refractivity contribution is 0.273. The fourth-order valence-electron chi connectivity index (χ4n) is 3.23. The first-order chi connectivity index (χ1) is 10.3. The smallest absolute Gasteiger partial charge is 0.108 e. The summed E-state index contributed by atoms with van der Waals surface area (Å²) in [5.74, 6) is 1.17. The first-order valence-corrected chi connectivity index (χ1v) is 7.76. The molecule has 2 aromatic rings. The molecule has 1 aromatic carbocycles. The Bertz CT molecular complexity index is 562. The van der Waals surface area contributed by atoms with E-state index in [1.165, 1.54) is 29.7 Å². The maximum atomic E-state index is 5.57. The van der Waals surface area contributed by atoms with Crippen molar-refractivity contribution in [1.82, 2.24) is 10.2 Å². The SMILES string of the molecule is CN(C)C(CNC1CCCc2occc21)c1ccccc1. The summed E-state index contributed by atoms with van der Waals surface area (Å²) in [7, 11) is 4.28. The van der Waals surface area contributed by atoms with Crippen LogP contribution in [0.2, 0.25) is 0 Å². The summed E-state index contributed by atoms with van der Waals surface area (Å²) in [4.78, 5) is 2.28. The third-order valence-corrected chi connectivity index (χ3v) is 4.42. The van der Waals surface area contributed by atoms with Crippen molar-refractivity contribution in [2.45, 2.75) is 31.3 Å². The summed E-state index contributed by atoms with van der Waals surface area (Å²) in [6, 6.07) is 13.7. The van der Waals surface area contributed by atoms with Gasteiger partial charge in [0, 0.05) is 30.6 Å². The Hall–Kier alpha value is -1.58. The van der Waals surface area contributed by atoms with Crippen LogP contribution in [0, 0.1) is 0 Å². The third-order valence-electron chi connectivity index (χ3n) is 4.42. The van der Waals surface area contributed by atoms with Gasteiger partial charge in [-0.2, -0.15) is 0 Å². The number of benzene rings is 1. The van der Waals surface area contributed by atoms with Crippen molar-refractivity contribution >= 4 is 0 Å². The fourth-order valence-corrected chi connectivity index (χ4v) is 3.23. The van der Waals surface area contributed by atoms with Crippen LogP contribution in [0.5, 0.6) is 0 Å². The minimum Gasteiger partial charge on any atom is -0.469 e. The standard InChI is InChI=1S/C18H24N2O/c1-20(2)17(14-7-4-3-5-8-14)13-19-16-9-6-10-18-15(16)11-12-21-18/h3-5,7-8,11-12,16-17,19H,6,9-10,13H2,1-2H3. The Morgan fingerprint density at radius 1 is 1.24 bits per heavy atom. The van der Waals surface area contributed by atoms with Gasteiger partial charge in [-0.1, -0.05) is 30.3 Å². The van der Waals surface area contributed by atoms with Crippen LogP contribution < -0.4 is 5.32 Å². The first kappa shape index (κ1) is 14.4. The van der Waals surface area contributed by atoms with Crippen molar-refractivity contribution in [1.29, 1.82) is 0 Å². The predicted octanol–water partition coefficient (Wildman–Crippen LogP) is 3.55. The van der Waals surface area contributed by atoms with Crippen molar-refractivity contribution in [3.63, 3.8) is 0 Å². The molecular weight excluding hydrogens is 260 g/mol. The van der Waals surface area contributed by atoms with Crippen LogP contribution in [0.25, 0.3) is 0 Å². The van der Waals surface area contributed by atoms with E-state index in [4.69, 9.17) is 4.42 Å². The molecule has 21 heavy (non-hydrogen) atoms. The quantitative estimate of drug-likeness (QED) is 0.910. The maximum Gasteiger partial charge on any atom is 0.108 e. The number of hydrogen-bond acceptors (Lipinski definition) is 3. The maximum absolute atomic E-state index is 5.57. The van der Waals surface area contributed by atoms with Gasteiger partial charge >= 0.3 is 0 Å². The molecule has 3 nitrogen and oxygen atoms in total. The van der Waals surface area contributed by atoms with Crippen molar-refractivity contribution in [2.75, 3.05) is 20.6 Å². The number of nitrogens with one attached hydrogen (secondary N) is 1. The molecular formula is C18H24N2O. The van der Waals surface area contributed by atoms with Gasteiger partial charge < -0.3 is 14.6 Å². The van der Waals surface area contributed by atoms with E-state index in [0.29, 0.717) is 12.1 Å². The van der Waals surface area contributed by atoms with E-state index in [2.05, 4.69) is 60.7 Å². The Balaban J connectivity index is 1.69. The predicted molar refractivity (Wildman–Crippen MR) is 85.3 cm³/mol. The monoisotopic (exact) mass is 284 g/mol. The van der Waals surface area contributed by atoms with Crippen LogP contribution in [0.3, 0.4) is 0 Å². The summed E-state index contributed by atoms with van der Waals surface area (Å²) in [6.45, 7) is 0.951. The molecule has 0 radical (unpaired) electrons. The molecule has 3 rings (SSSR count). The summed E-state index contributed by atoms with van der Waals surface area (Å²) < 4.78 is 5.57. The molecule has 2 atom stereocenters. The highest BCUT2D eigenvalue weighted by molar-refractivity contribution is 5.24. The van der Waals surface area contributed by atoms with Gasteiger partial charge in [0.15, 0.2) is 0 Å². The Labute approximate surface area is 127 Å². The van der Waals surface area contributed by atoms with Crippen molar-refractivity contribution in [3.05, 3.63) is 59.5 Å². The number of rotatable bonds is 5. The van der Waals surface area contributed by atoms with E-state index < -0.39 is 0 Å². The van der Waals surface area contributed by atoms with E-state index in [1.54, 1.807) is 0 Å². The highest BCUT2D eigenvalue weighted by Gasteiger charge is 2.23. The lowest BCUT2D eigenvalue weighted by atomic mass is 9.93. The van der Waals surface area contributed by atoms with Crippen molar-refractivity contribution in [2.24, 2.45) is 0 Å². The topological polar surface area (TPSA) is 28.4 Å². The molecule has 3 heteroatoms. The molecule has 1 aromatic heterocycles. The van der Waals surface area contributed by atoms with Gasteiger partial charge in [0.2, 0.25) is 0 Å². The number of hydrogen-bond donors (Lipinski definition) is 1. The number of fused-ring (bicyclic) bond motifs is 1.